The highest BCUT2D eigenvalue weighted by molar-refractivity contribution is 7.88. The van der Waals surface area contributed by atoms with Crippen LogP contribution in [0.5, 0.6) is 0 Å². The number of nitrogens with zero attached hydrogens (tertiary/aromatic N) is 2. The Balaban J connectivity index is 1.65. The zero-order chi connectivity index (χ0) is 14.9. The van der Waals surface area contributed by atoms with E-state index in [9.17, 15) is 8.42 Å². The first-order chi connectivity index (χ1) is 10.0. The van der Waals surface area contributed by atoms with Crippen molar-refractivity contribution in [2.75, 3.05) is 32.6 Å². The van der Waals surface area contributed by atoms with Crippen molar-refractivity contribution >= 4 is 10.0 Å². The van der Waals surface area contributed by atoms with Gasteiger partial charge in [0.05, 0.1) is 25.2 Å². The Kier molecular flexibility index (Phi) is 4.26. The fourth-order valence-corrected chi connectivity index (χ4v) is 4.13. The van der Waals surface area contributed by atoms with Crippen molar-refractivity contribution in [1.82, 2.24) is 14.6 Å². The van der Waals surface area contributed by atoms with E-state index < -0.39 is 10.0 Å². The first kappa shape index (κ1) is 14.9. The van der Waals surface area contributed by atoms with Crippen molar-refractivity contribution in [3.63, 3.8) is 0 Å². The summed E-state index contributed by atoms with van der Waals surface area (Å²) in [6.07, 6.45) is 3.01. The molecule has 0 radical (unpaired) electrons. The second-order valence-corrected chi connectivity index (χ2v) is 7.75. The van der Waals surface area contributed by atoms with E-state index in [4.69, 9.17) is 4.74 Å². The van der Waals surface area contributed by atoms with Gasteiger partial charge in [-0.15, -0.1) is 0 Å². The number of likely N-dealkylation sites (tertiary alicyclic amines) is 1. The second kappa shape index (κ2) is 6.00. The summed E-state index contributed by atoms with van der Waals surface area (Å²) in [5.74, 6) is 0.707. The summed E-state index contributed by atoms with van der Waals surface area (Å²) >= 11 is 0. The molecular formula is C14H21N3O3S. The van der Waals surface area contributed by atoms with Crippen LogP contribution in [0.4, 0.5) is 0 Å². The topological polar surface area (TPSA) is 71.5 Å². The molecule has 0 amide bonds. The standard InChI is InChI=1S/C14H21N3O3S/c1-21(18,19)16-14-10-20-9-11-6-17(8-13(11)14)7-12-4-2-3-5-15-12/h2-5,11,13-14,16H,6-10H2,1H3/t11-,13-,14+/m0/s1. The van der Waals surface area contributed by atoms with Crippen molar-refractivity contribution in [2.24, 2.45) is 11.8 Å². The molecule has 1 N–H and O–H groups in total. The molecule has 6 nitrogen and oxygen atoms in total. The molecule has 21 heavy (non-hydrogen) atoms. The number of aromatic nitrogens is 1. The fraction of sp³-hybridized carbons (Fsp3) is 0.643. The zero-order valence-electron chi connectivity index (χ0n) is 12.1. The van der Waals surface area contributed by atoms with Crippen molar-refractivity contribution in [3.8, 4) is 0 Å². The lowest BCUT2D eigenvalue weighted by Gasteiger charge is -2.32. The van der Waals surface area contributed by atoms with Gasteiger partial charge in [-0.05, 0) is 18.1 Å². The number of nitrogens with one attached hydrogen (secondary N) is 1. The molecule has 2 fully saturated rings. The molecule has 2 aliphatic rings. The monoisotopic (exact) mass is 311 g/mol. The molecule has 2 saturated heterocycles. The maximum atomic E-state index is 11.5. The molecular weight excluding hydrogens is 290 g/mol. The minimum Gasteiger partial charge on any atom is -0.379 e. The van der Waals surface area contributed by atoms with E-state index in [1.165, 1.54) is 6.26 Å². The Morgan fingerprint density at radius 1 is 1.38 bits per heavy atom. The lowest BCUT2D eigenvalue weighted by atomic mass is 9.88. The lowest BCUT2D eigenvalue weighted by Crippen LogP contribution is -2.49. The largest absolute Gasteiger partial charge is 0.379 e. The van der Waals surface area contributed by atoms with Gasteiger partial charge in [0.25, 0.3) is 0 Å². The molecule has 7 heteroatoms. The van der Waals surface area contributed by atoms with E-state index in [1.54, 1.807) is 6.20 Å². The summed E-state index contributed by atoms with van der Waals surface area (Å²) < 4.78 is 31.2. The second-order valence-electron chi connectivity index (χ2n) is 5.97. The molecule has 1 aromatic rings. The van der Waals surface area contributed by atoms with Gasteiger partial charge in [0, 0.05) is 37.8 Å². The third kappa shape index (κ3) is 3.79. The van der Waals surface area contributed by atoms with Gasteiger partial charge in [-0.1, -0.05) is 6.07 Å². The van der Waals surface area contributed by atoms with Gasteiger partial charge in [-0.3, -0.25) is 9.88 Å². The summed E-state index contributed by atoms with van der Waals surface area (Å²) in [4.78, 5) is 6.69. The molecule has 3 atom stereocenters. The normalized spacial score (nSPS) is 30.2. The van der Waals surface area contributed by atoms with Gasteiger partial charge in [0.2, 0.25) is 10.0 Å². The maximum Gasteiger partial charge on any atom is 0.209 e. The first-order valence-corrected chi connectivity index (χ1v) is 9.08. The van der Waals surface area contributed by atoms with Crippen LogP contribution in [0.25, 0.3) is 0 Å². The molecule has 1 aromatic heterocycles. The van der Waals surface area contributed by atoms with Crippen LogP contribution in [0.2, 0.25) is 0 Å². The van der Waals surface area contributed by atoms with Crippen LogP contribution in [0.1, 0.15) is 5.69 Å². The average molecular weight is 311 g/mol. The molecule has 116 valence electrons. The van der Waals surface area contributed by atoms with Crippen molar-refractivity contribution in [2.45, 2.75) is 12.6 Å². The third-order valence-electron chi connectivity index (χ3n) is 4.19. The smallest absolute Gasteiger partial charge is 0.209 e. The predicted molar refractivity (Wildman–Crippen MR) is 79.1 cm³/mol. The number of hydrogen-bond acceptors (Lipinski definition) is 5. The minimum absolute atomic E-state index is 0.118. The lowest BCUT2D eigenvalue weighted by molar-refractivity contribution is 0.0164. The Labute approximate surface area is 125 Å². The Morgan fingerprint density at radius 2 is 2.24 bits per heavy atom. The SMILES string of the molecule is CS(=O)(=O)N[C@@H]1COC[C@@H]2CN(Cc3ccccn3)C[C@@H]21. The summed E-state index contributed by atoms with van der Waals surface area (Å²) in [5.41, 5.74) is 1.05. The van der Waals surface area contributed by atoms with Crippen LogP contribution in [0, 0.1) is 11.8 Å². The van der Waals surface area contributed by atoms with Gasteiger partial charge in [-0.2, -0.15) is 0 Å². The van der Waals surface area contributed by atoms with Gasteiger partial charge in [-0.25, -0.2) is 13.1 Å². The van der Waals surface area contributed by atoms with Gasteiger partial charge < -0.3 is 4.74 Å². The van der Waals surface area contributed by atoms with Gasteiger partial charge in [0.1, 0.15) is 0 Å². The highest BCUT2D eigenvalue weighted by atomic mass is 32.2. The number of rotatable bonds is 4. The molecule has 3 rings (SSSR count). The highest BCUT2D eigenvalue weighted by Gasteiger charge is 2.41. The zero-order valence-corrected chi connectivity index (χ0v) is 12.9. The highest BCUT2D eigenvalue weighted by Crippen LogP contribution is 2.31. The van der Waals surface area contributed by atoms with E-state index in [1.807, 2.05) is 18.2 Å². The quantitative estimate of drug-likeness (QED) is 0.852. The predicted octanol–water partition coefficient (Wildman–Crippen LogP) is 0.0776. The number of sulfonamides is 1. The molecule has 0 aromatic carbocycles. The van der Waals surface area contributed by atoms with E-state index >= 15 is 0 Å². The molecule has 3 heterocycles. The summed E-state index contributed by atoms with van der Waals surface area (Å²) in [7, 11) is -3.20. The molecule has 0 saturated carbocycles. The van der Waals surface area contributed by atoms with E-state index in [2.05, 4.69) is 14.6 Å². The molecule has 0 bridgehead atoms. The molecule has 0 aliphatic carbocycles. The Bertz CT molecular complexity index is 578. The van der Waals surface area contributed by atoms with Crippen molar-refractivity contribution in [3.05, 3.63) is 30.1 Å². The molecule has 0 spiro atoms. The number of ether oxygens (including phenoxy) is 1. The van der Waals surface area contributed by atoms with Gasteiger partial charge in [0.15, 0.2) is 0 Å². The van der Waals surface area contributed by atoms with Crippen molar-refractivity contribution in [1.29, 1.82) is 0 Å². The third-order valence-corrected chi connectivity index (χ3v) is 4.92. The maximum absolute atomic E-state index is 11.5. The number of pyridine rings is 1. The van der Waals surface area contributed by atoms with Crippen LogP contribution >= 0.6 is 0 Å². The molecule has 2 aliphatic heterocycles. The Morgan fingerprint density at radius 3 is 2.95 bits per heavy atom. The van der Waals surface area contributed by atoms with E-state index in [-0.39, 0.29) is 6.04 Å². The number of hydrogen-bond donors (Lipinski definition) is 1. The minimum atomic E-state index is -3.20. The first-order valence-electron chi connectivity index (χ1n) is 7.18. The average Bonchev–Trinajstić information content (AvgIpc) is 2.82. The summed E-state index contributed by atoms with van der Waals surface area (Å²) in [5, 5.41) is 0. The summed E-state index contributed by atoms with van der Waals surface area (Å²) in [6, 6.07) is 5.80. The van der Waals surface area contributed by atoms with Crippen LogP contribution in [-0.4, -0.2) is 56.9 Å². The van der Waals surface area contributed by atoms with Gasteiger partial charge >= 0.3 is 0 Å². The van der Waals surface area contributed by atoms with Crippen LogP contribution in [-0.2, 0) is 21.3 Å². The van der Waals surface area contributed by atoms with Crippen LogP contribution in [0.3, 0.4) is 0 Å². The summed E-state index contributed by atoms with van der Waals surface area (Å²) in [6.45, 7) is 3.80. The molecule has 0 unspecified atom stereocenters. The van der Waals surface area contributed by atoms with Crippen LogP contribution < -0.4 is 4.72 Å². The fourth-order valence-electron chi connectivity index (χ4n) is 3.34. The van der Waals surface area contributed by atoms with Crippen molar-refractivity contribution < 1.29 is 13.2 Å². The van der Waals surface area contributed by atoms with E-state index in [0.717, 1.165) is 25.3 Å². The Hall–Kier alpha value is -1.02. The van der Waals surface area contributed by atoms with E-state index in [0.29, 0.717) is 25.0 Å². The van der Waals surface area contributed by atoms with Crippen LogP contribution in [0.15, 0.2) is 24.4 Å². The number of fused-ring (bicyclic) bond motifs is 1.